The number of piperidine rings is 1. The molecule has 1 aromatic rings. The molecular formula is C19H31N3O4S. The molecule has 7 nitrogen and oxygen atoms in total. The van der Waals surface area contributed by atoms with Crippen LogP contribution in [0.2, 0.25) is 0 Å². The molecule has 0 spiro atoms. The summed E-state index contributed by atoms with van der Waals surface area (Å²) in [5.41, 5.74) is 1.22. The van der Waals surface area contributed by atoms with Crippen molar-refractivity contribution in [3.05, 3.63) is 39.9 Å². The smallest absolute Gasteiger partial charge is 0.269 e. The van der Waals surface area contributed by atoms with Gasteiger partial charge in [0.1, 0.15) is 0 Å². The second kappa shape index (κ2) is 9.61. The lowest BCUT2D eigenvalue weighted by Gasteiger charge is -2.36. The van der Waals surface area contributed by atoms with E-state index in [4.69, 9.17) is 0 Å². The molecule has 0 saturated carbocycles. The summed E-state index contributed by atoms with van der Waals surface area (Å²) in [4.78, 5) is 12.9. The molecule has 8 heteroatoms. The Bertz CT molecular complexity index is 713. The van der Waals surface area contributed by atoms with Crippen LogP contribution in [0.3, 0.4) is 0 Å². The molecule has 0 bridgehead atoms. The fourth-order valence-electron chi connectivity index (χ4n) is 3.76. The Hall–Kier alpha value is -1.51. The van der Waals surface area contributed by atoms with Crippen LogP contribution in [-0.2, 0) is 16.4 Å². The van der Waals surface area contributed by atoms with Gasteiger partial charge in [0.05, 0.1) is 11.2 Å². The Morgan fingerprint density at radius 3 is 2.33 bits per heavy atom. The van der Waals surface area contributed by atoms with Gasteiger partial charge in [-0.25, -0.2) is 12.7 Å². The van der Waals surface area contributed by atoms with Gasteiger partial charge in [0, 0.05) is 37.8 Å². The van der Waals surface area contributed by atoms with Gasteiger partial charge in [-0.1, -0.05) is 19.1 Å². The molecule has 0 radical (unpaired) electrons. The summed E-state index contributed by atoms with van der Waals surface area (Å²) < 4.78 is 24.9. The lowest BCUT2D eigenvalue weighted by molar-refractivity contribution is -0.384. The average molecular weight is 398 g/mol. The second-order valence-corrected chi connectivity index (χ2v) is 9.56. The van der Waals surface area contributed by atoms with Gasteiger partial charge in [0.2, 0.25) is 10.0 Å². The van der Waals surface area contributed by atoms with Gasteiger partial charge in [-0.3, -0.25) is 10.1 Å². The number of hydrogen-bond acceptors (Lipinski definition) is 5. The van der Waals surface area contributed by atoms with Crippen LogP contribution >= 0.6 is 0 Å². The van der Waals surface area contributed by atoms with Crippen LogP contribution in [-0.4, -0.2) is 61.0 Å². The molecule has 152 valence electrons. The van der Waals surface area contributed by atoms with Crippen LogP contribution in [0.1, 0.15) is 38.7 Å². The summed E-state index contributed by atoms with van der Waals surface area (Å²) in [7, 11) is -3.08. The van der Waals surface area contributed by atoms with Crippen molar-refractivity contribution in [1.29, 1.82) is 0 Å². The first-order chi connectivity index (χ1) is 12.7. The predicted molar refractivity (Wildman–Crippen MR) is 107 cm³/mol. The van der Waals surface area contributed by atoms with Crippen molar-refractivity contribution in [3.8, 4) is 0 Å². The fraction of sp³-hybridized carbons (Fsp3) is 0.684. The van der Waals surface area contributed by atoms with E-state index >= 15 is 0 Å². The van der Waals surface area contributed by atoms with E-state index in [2.05, 4.69) is 18.7 Å². The minimum absolute atomic E-state index is 0.120. The number of non-ortho nitro benzene ring substituents is 1. The third-order valence-electron chi connectivity index (χ3n) is 5.35. The van der Waals surface area contributed by atoms with Gasteiger partial charge < -0.3 is 4.90 Å². The third-order valence-corrected chi connectivity index (χ3v) is 6.65. The van der Waals surface area contributed by atoms with Crippen LogP contribution in [0.15, 0.2) is 24.3 Å². The molecule has 2 rings (SSSR count). The van der Waals surface area contributed by atoms with Gasteiger partial charge in [0.25, 0.3) is 5.69 Å². The van der Waals surface area contributed by atoms with Crippen molar-refractivity contribution < 1.29 is 13.3 Å². The lowest BCUT2D eigenvalue weighted by atomic mass is 9.96. The topological polar surface area (TPSA) is 83.8 Å². The molecule has 1 atom stereocenters. The highest BCUT2D eigenvalue weighted by atomic mass is 32.2. The van der Waals surface area contributed by atoms with E-state index in [1.165, 1.54) is 6.26 Å². The molecule has 0 aromatic heterocycles. The molecule has 0 aliphatic carbocycles. The Balaban J connectivity index is 1.93. The molecule has 1 unspecified atom stereocenters. The van der Waals surface area contributed by atoms with Crippen molar-refractivity contribution >= 4 is 15.7 Å². The van der Waals surface area contributed by atoms with Crippen LogP contribution in [0.4, 0.5) is 5.69 Å². The summed E-state index contributed by atoms with van der Waals surface area (Å²) in [6, 6.07) is 7.13. The zero-order valence-corrected chi connectivity index (χ0v) is 17.3. The number of rotatable bonds is 9. The third kappa shape index (κ3) is 6.55. The van der Waals surface area contributed by atoms with E-state index in [0.717, 1.165) is 44.3 Å². The van der Waals surface area contributed by atoms with Crippen molar-refractivity contribution in [2.75, 3.05) is 32.4 Å². The largest absolute Gasteiger partial charge is 0.300 e. The number of nitro groups is 1. The second-order valence-electron chi connectivity index (χ2n) is 7.58. The zero-order chi connectivity index (χ0) is 20.0. The minimum Gasteiger partial charge on any atom is -0.300 e. The van der Waals surface area contributed by atoms with E-state index in [1.807, 2.05) is 12.1 Å². The zero-order valence-electron chi connectivity index (χ0n) is 16.5. The van der Waals surface area contributed by atoms with Crippen LogP contribution in [0, 0.1) is 16.0 Å². The summed E-state index contributed by atoms with van der Waals surface area (Å²) in [5, 5.41) is 10.8. The maximum Gasteiger partial charge on any atom is 0.269 e. The predicted octanol–water partition coefficient (Wildman–Crippen LogP) is 2.91. The standard InChI is InChI=1S/C19H31N3O4S/c1-4-11-20(15-18-9-12-21(13-10-18)27(3,25)26)16(2)14-17-5-7-19(8-6-17)22(23)24/h5-8,16,18H,4,9-15H2,1-3H3. The molecule has 0 amide bonds. The number of hydrogen-bond donors (Lipinski definition) is 0. The SMILES string of the molecule is CCCN(CC1CCN(S(C)(=O)=O)CC1)C(C)Cc1ccc([N+](=O)[O-])cc1. The van der Waals surface area contributed by atoms with Crippen LogP contribution in [0.25, 0.3) is 0 Å². The fourth-order valence-corrected chi connectivity index (χ4v) is 4.63. The summed E-state index contributed by atoms with van der Waals surface area (Å²) in [6.45, 7) is 7.56. The first kappa shape index (κ1) is 21.8. The van der Waals surface area contributed by atoms with E-state index < -0.39 is 10.0 Å². The molecule has 1 aromatic carbocycles. The van der Waals surface area contributed by atoms with Crippen molar-refractivity contribution in [2.24, 2.45) is 5.92 Å². The van der Waals surface area contributed by atoms with Crippen LogP contribution in [0.5, 0.6) is 0 Å². The first-order valence-electron chi connectivity index (χ1n) is 9.63. The molecule has 27 heavy (non-hydrogen) atoms. The van der Waals surface area contributed by atoms with E-state index in [-0.39, 0.29) is 10.6 Å². The van der Waals surface area contributed by atoms with E-state index in [0.29, 0.717) is 25.0 Å². The van der Waals surface area contributed by atoms with E-state index in [9.17, 15) is 18.5 Å². The van der Waals surface area contributed by atoms with Gasteiger partial charge in [-0.15, -0.1) is 0 Å². The maximum absolute atomic E-state index is 11.7. The Morgan fingerprint density at radius 2 is 1.85 bits per heavy atom. The van der Waals surface area contributed by atoms with Gasteiger partial charge in [0.15, 0.2) is 0 Å². The monoisotopic (exact) mass is 397 g/mol. The molecule has 1 aliphatic heterocycles. The Kier molecular flexibility index (Phi) is 7.76. The van der Waals surface area contributed by atoms with Crippen molar-refractivity contribution in [1.82, 2.24) is 9.21 Å². The highest BCUT2D eigenvalue weighted by Crippen LogP contribution is 2.22. The Morgan fingerprint density at radius 1 is 1.26 bits per heavy atom. The molecule has 1 heterocycles. The highest BCUT2D eigenvalue weighted by molar-refractivity contribution is 7.88. The van der Waals surface area contributed by atoms with Gasteiger partial charge >= 0.3 is 0 Å². The minimum atomic E-state index is -3.08. The molecule has 1 aliphatic rings. The maximum atomic E-state index is 11.7. The average Bonchev–Trinajstić information content (AvgIpc) is 2.61. The molecular weight excluding hydrogens is 366 g/mol. The highest BCUT2D eigenvalue weighted by Gasteiger charge is 2.27. The number of nitrogens with zero attached hydrogens (tertiary/aromatic N) is 3. The number of benzene rings is 1. The van der Waals surface area contributed by atoms with Crippen molar-refractivity contribution in [3.63, 3.8) is 0 Å². The first-order valence-corrected chi connectivity index (χ1v) is 11.5. The summed E-state index contributed by atoms with van der Waals surface area (Å²) in [5.74, 6) is 0.508. The van der Waals surface area contributed by atoms with Gasteiger partial charge in [-0.05, 0) is 50.6 Å². The summed E-state index contributed by atoms with van der Waals surface area (Å²) in [6.07, 6.45) is 4.99. The number of sulfonamides is 1. The quantitative estimate of drug-likeness (QED) is 0.472. The normalized spacial score (nSPS) is 17.9. The van der Waals surface area contributed by atoms with E-state index in [1.54, 1.807) is 16.4 Å². The molecule has 1 fully saturated rings. The summed E-state index contributed by atoms with van der Waals surface area (Å²) >= 11 is 0. The lowest BCUT2D eigenvalue weighted by Crippen LogP contribution is -2.44. The number of nitro benzene ring substituents is 1. The Labute approximate surface area is 162 Å². The van der Waals surface area contributed by atoms with Crippen LogP contribution < -0.4 is 0 Å². The van der Waals surface area contributed by atoms with Crippen molar-refractivity contribution in [2.45, 2.75) is 45.6 Å². The molecule has 1 saturated heterocycles. The molecule has 0 N–H and O–H groups in total. The van der Waals surface area contributed by atoms with Gasteiger partial charge in [-0.2, -0.15) is 0 Å².